The van der Waals surface area contributed by atoms with E-state index in [9.17, 15) is 0 Å². The molecule has 2 aromatic heterocycles. The second kappa shape index (κ2) is 5.50. The molecular weight excluding hydrogens is 328 g/mol. The molecule has 3 aromatic carbocycles. The third-order valence-corrected chi connectivity index (χ3v) is 6.48. The highest BCUT2D eigenvalue weighted by atomic mass is 15.0. The van der Waals surface area contributed by atoms with Gasteiger partial charge in [0.2, 0.25) is 0 Å². The normalized spacial score (nSPS) is 17.0. The van der Waals surface area contributed by atoms with Crippen molar-refractivity contribution in [2.45, 2.75) is 25.3 Å². The van der Waals surface area contributed by atoms with Crippen LogP contribution < -0.4 is 0 Å². The third-order valence-electron chi connectivity index (χ3n) is 6.48. The van der Waals surface area contributed by atoms with Gasteiger partial charge < -0.3 is 9.13 Å². The zero-order valence-electron chi connectivity index (χ0n) is 15.5. The van der Waals surface area contributed by atoms with Crippen LogP contribution >= 0.6 is 0 Å². The fourth-order valence-electron chi connectivity index (χ4n) is 5.27. The SMILES string of the molecule is Cn1c2c(c3ccccc31)CCC(n1c3ccccc3c3ccccc31)C2. The number of nitrogens with zero attached hydrogens (tertiary/aromatic N) is 2. The highest BCUT2D eigenvalue weighted by Crippen LogP contribution is 2.39. The predicted molar refractivity (Wildman–Crippen MR) is 113 cm³/mol. The maximum Gasteiger partial charge on any atom is 0.0494 e. The first-order chi connectivity index (χ1) is 13.3. The Hall–Kier alpha value is -3.00. The molecule has 1 atom stereocenters. The molecule has 0 amide bonds. The monoisotopic (exact) mass is 350 g/mol. The summed E-state index contributed by atoms with van der Waals surface area (Å²) in [5, 5.41) is 4.18. The smallest absolute Gasteiger partial charge is 0.0494 e. The van der Waals surface area contributed by atoms with E-state index < -0.39 is 0 Å². The first-order valence-corrected chi connectivity index (χ1v) is 9.86. The molecule has 1 unspecified atom stereocenters. The van der Waals surface area contributed by atoms with Gasteiger partial charge in [-0.1, -0.05) is 54.6 Å². The maximum atomic E-state index is 2.60. The van der Waals surface area contributed by atoms with Crippen molar-refractivity contribution in [1.29, 1.82) is 0 Å². The van der Waals surface area contributed by atoms with Gasteiger partial charge in [-0.2, -0.15) is 0 Å². The topological polar surface area (TPSA) is 9.86 Å². The third kappa shape index (κ3) is 2.01. The van der Waals surface area contributed by atoms with Gasteiger partial charge in [0.15, 0.2) is 0 Å². The van der Waals surface area contributed by atoms with E-state index in [-0.39, 0.29) is 0 Å². The van der Waals surface area contributed by atoms with Crippen molar-refractivity contribution < 1.29 is 0 Å². The van der Waals surface area contributed by atoms with Crippen molar-refractivity contribution in [3.05, 3.63) is 84.1 Å². The van der Waals surface area contributed by atoms with Crippen LogP contribution in [0.15, 0.2) is 72.8 Å². The van der Waals surface area contributed by atoms with Crippen molar-refractivity contribution in [3.63, 3.8) is 0 Å². The van der Waals surface area contributed by atoms with Crippen LogP contribution in [-0.2, 0) is 19.9 Å². The summed E-state index contributed by atoms with van der Waals surface area (Å²) in [6.45, 7) is 0. The Labute approximate surface area is 158 Å². The number of rotatable bonds is 1. The predicted octanol–water partition coefficient (Wildman–Crippen LogP) is 6.02. The molecule has 1 aliphatic rings. The fourth-order valence-corrected chi connectivity index (χ4v) is 5.27. The number of aryl methyl sites for hydroxylation is 2. The van der Waals surface area contributed by atoms with Gasteiger partial charge in [0.25, 0.3) is 0 Å². The summed E-state index contributed by atoms with van der Waals surface area (Å²) in [6.07, 6.45) is 3.45. The molecule has 0 saturated carbocycles. The maximum absolute atomic E-state index is 2.60. The molecule has 132 valence electrons. The molecule has 0 spiro atoms. The molecule has 0 saturated heterocycles. The Morgan fingerprint density at radius 2 is 1.26 bits per heavy atom. The lowest BCUT2D eigenvalue weighted by Crippen LogP contribution is -2.19. The zero-order valence-corrected chi connectivity index (χ0v) is 15.5. The Morgan fingerprint density at radius 1 is 0.704 bits per heavy atom. The van der Waals surface area contributed by atoms with E-state index in [1.807, 2.05) is 0 Å². The van der Waals surface area contributed by atoms with E-state index in [0.29, 0.717) is 6.04 Å². The van der Waals surface area contributed by atoms with Crippen molar-refractivity contribution in [3.8, 4) is 0 Å². The Bertz CT molecular complexity index is 1270. The van der Waals surface area contributed by atoms with Gasteiger partial charge in [-0.3, -0.25) is 0 Å². The van der Waals surface area contributed by atoms with Gasteiger partial charge in [0.1, 0.15) is 0 Å². The molecule has 0 radical (unpaired) electrons. The van der Waals surface area contributed by atoms with E-state index in [1.165, 1.54) is 44.8 Å². The number of hydrogen-bond donors (Lipinski definition) is 0. The molecular formula is C25H22N2. The molecule has 0 aliphatic heterocycles. The summed E-state index contributed by atoms with van der Waals surface area (Å²) in [5.74, 6) is 0. The molecule has 27 heavy (non-hydrogen) atoms. The summed E-state index contributed by atoms with van der Waals surface area (Å²) in [7, 11) is 2.23. The molecule has 2 nitrogen and oxygen atoms in total. The number of benzene rings is 3. The van der Waals surface area contributed by atoms with E-state index >= 15 is 0 Å². The first-order valence-electron chi connectivity index (χ1n) is 9.86. The first kappa shape index (κ1) is 15.1. The summed E-state index contributed by atoms with van der Waals surface area (Å²) >= 11 is 0. The van der Waals surface area contributed by atoms with Gasteiger partial charge in [-0.25, -0.2) is 0 Å². The average molecular weight is 350 g/mol. The molecule has 0 N–H and O–H groups in total. The molecule has 6 rings (SSSR count). The lowest BCUT2D eigenvalue weighted by atomic mass is 9.91. The number of aromatic nitrogens is 2. The Kier molecular flexibility index (Phi) is 3.07. The van der Waals surface area contributed by atoms with E-state index in [0.717, 1.165) is 12.8 Å². The number of para-hydroxylation sites is 3. The number of fused-ring (bicyclic) bond motifs is 6. The highest BCUT2D eigenvalue weighted by Gasteiger charge is 2.27. The van der Waals surface area contributed by atoms with E-state index in [2.05, 4.69) is 89.0 Å². The van der Waals surface area contributed by atoms with Crippen LogP contribution in [0.2, 0.25) is 0 Å². The molecule has 5 aromatic rings. The average Bonchev–Trinajstić information content (AvgIpc) is 3.21. The van der Waals surface area contributed by atoms with Gasteiger partial charge in [0, 0.05) is 57.9 Å². The Balaban J connectivity index is 1.57. The van der Waals surface area contributed by atoms with Crippen LogP contribution in [-0.4, -0.2) is 9.13 Å². The van der Waals surface area contributed by atoms with Gasteiger partial charge in [0.05, 0.1) is 0 Å². The van der Waals surface area contributed by atoms with Crippen LogP contribution in [0.25, 0.3) is 32.7 Å². The van der Waals surface area contributed by atoms with Crippen molar-refractivity contribution in [1.82, 2.24) is 9.13 Å². The second-order valence-corrected chi connectivity index (χ2v) is 7.80. The summed E-state index contributed by atoms with van der Waals surface area (Å²) in [4.78, 5) is 0. The molecule has 0 bridgehead atoms. The van der Waals surface area contributed by atoms with Crippen LogP contribution in [0, 0.1) is 0 Å². The van der Waals surface area contributed by atoms with Crippen LogP contribution in [0.1, 0.15) is 23.7 Å². The zero-order chi connectivity index (χ0) is 18.0. The van der Waals surface area contributed by atoms with Crippen LogP contribution in [0.4, 0.5) is 0 Å². The van der Waals surface area contributed by atoms with Gasteiger partial charge >= 0.3 is 0 Å². The summed E-state index contributed by atoms with van der Waals surface area (Å²) in [5.41, 5.74) is 7.17. The van der Waals surface area contributed by atoms with Gasteiger partial charge in [-0.15, -0.1) is 0 Å². The molecule has 1 aliphatic carbocycles. The fraction of sp³-hybridized carbons (Fsp3) is 0.200. The standard InChI is InChI=1S/C25H22N2/c1-26-22-11-5-2-8-18(22)21-15-14-17(16-25(21)26)27-23-12-6-3-9-19(23)20-10-4-7-13-24(20)27/h2-13,17H,14-16H2,1H3. The second-order valence-electron chi connectivity index (χ2n) is 7.80. The van der Waals surface area contributed by atoms with Crippen LogP contribution in [0.5, 0.6) is 0 Å². The summed E-state index contributed by atoms with van der Waals surface area (Å²) in [6, 6.07) is 27.1. The molecule has 0 fully saturated rings. The van der Waals surface area contributed by atoms with Crippen molar-refractivity contribution in [2.24, 2.45) is 7.05 Å². The van der Waals surface area contributed by atoms with Crippen molar-refractivity contribution in [2.75, 3.05) is 0 Å². The lowest BCUT2D eigenvalue weighted by molar-refractivity contribution is 0.454. The quantitative estimate of drug-likeness (QED) is 0.350. The van der Waals surface area contributed by atoms with Crippen LogP contribution in [0.3, 0.4) is 0 Å². The molecule has 2 heteroatoms. The minimum atomic E-state index is 0.505. The highest BCUT2D eigenvalue weighted by molar-refractivity contribution is 6.08. The largest absolute Gasteiger partial charge is 0.347 e. The summed E-state index contributed by atoms with van der Waals surface area (Å²) < 4.78 is 5.02. The van der Waals surface area contributed by atoms with Crippen molar-refractivity contribution >= 4 is 32.7 Å². The lowest BCUT2D eigenvalue weighted by Gasteiger charge is -2.27. The Morgan fingerprint density at radius 3 is 1.93 bits per heavy atom. The molecule has 2 heterocycles. The minimum Gasteiger partial charge on any atom is -0.347 e. The van der Waals surface area contributed by atoms with E-state index in [4.69, 9.17) is 0 Å². The minimum absolute atomic E-state index is 0.505. The number of hydrogen-bond acceptors (Lipinski definition) is 0. The van der Waals surface area contributed by atoms with Gasteiger partial charge in [-0.05, 0) is 36.6 Å². The van der Waals surface area contributed by atoms with E-state index in [1.54, 1.807) is 5.56 Å².